The second kappa shape index (κ2) is 7.46. The van der Waals surface area contributed by atoms with E-state index < -0.39 is 11.6 Å². The molecular weight excluding hydrogens is 400 g/mol. The first-order valence-corrected chi connectivity index (χ1v) is 9.91. The van der Waals surface area contributed by atoms with Crippen LogP contribution in [0.4, 0.5) is 8.78 Å². The third-order valence-corrected chi connectivity index (χ3v) is 5.54. The first-order valence-electron chi connectivity index (χ1n) is 9.91. The van der Waals surface area contributed by atoms with E-state index in [-0.39, 0.29) is 17.2 Å². The molecule has 0 saturated carbocycles. The fraction of sp³-hybridized carbons (Fsp3) is 0.174. The Morgan fingerprint density at radius 1 is 1.19 bits per heavy atom. The minimum absolute atomic E-state index is 0.102. The minimum atomic E-state index is -0.749. The van der Waals surface area contributed by atoms with Gasteiger partial charge in [-0.3, -0.25) is 9.48 Å². The average Bonchev–Trinajstić information content (AvgIpc) is 3.37. The van der Waals surface area contributed by atoms with Crippen LogP contribution < -0.4 is 0 Å². The van der Waals surface area contributed by atoms with Crippen LogP contribution in [0.2, 0.25) is 0 Å². The summed E-state index contributed by atoms with van der Waals surface area (Å²) in [6.07, 6.45) is 7.98. The zero-order chi connectivity index (χ0) is 21.5. The van der Waals surface area contributed by atoms with Crippen LogP contribution in [0.25, 0.3) is 27.9 Å². The predicted octanol–water partition coefficient (Wildman–Crippen LogP) is 4.17. The lowest BCUT2D eigenvalue weighted by Gasteiger charge is -2.26. The van der Waals surface area contributed by atoms with Crippen LogP contribution in [0.15, 0.2) is 55.0 Å². The average molecular weight is 419 g/mol. The number of rotatable bonds is 3. The third-order valence-electron chi connectivity index (χ3n) is 5.54. The molecule has 1 amide bonds. The number of H-pyrrole nitrogens is 1. The quantitative estimate of drug-likeness (QED) is 0.542. The standard InChI is InChI=1S/C23H19F2N5O/c1-29-13-19(21(28-29)17-5-4-15(24)11-20(17)25)23(31)30-9-6-14(7-10-30)18-12-27-22-16(18)3-2-8-26-22/h2-6,8,11-13H,7,9-10H2,1H3,(H,26,27). The molecule has 0 bridgehead atoms. The maximum atomic E-state index is 14.3. The highest BCUT2D eigenvalue weighted by Crippen LogP contribution is 2.30. The van der Waals surface area contributed by atoms with Crippen molar-refractivity contribution < 1.29 is 13.6 Å². The molecule has 31 heavy (non-hydrogen) atoms. The number of hydrogen-bond acceptors (Lipinski definition) is 3. The van der Waals surface area contributed by atoms with Crippen molar-refractivity contribution in [3.05, 3.63) is 77.8 Å². The van der Waals surface area contributed by atoms with E-state index in [1.807, 2.05) is 24.4 Å². The molecule has 1 aromatic carbocycles. The summed E-state index contributed by atoms with van der Waals surface area (Å²) < 4.78 is 29.1. The molecule has 4 aromatic rings. The highest BCUT2D eigenvalue weighted by atomic mass is 19.1. The fourth-order valence-corrected chi connectivity index (χ4v) is 4.02. The molecule has 4 heterocycles. The highest BCUT2D eigenvalue weighted by molar-refractivity contribution is 6.00. The SMILES string of the molecule is Cn1cc(C(=O)N2CC=C(c3c[nH]c4ncccc34)CC2)c(-c2ccc(F)cc2F)n1. The van der Waals surface area contributed by atoms with E-state index >= 15 is 0 Å². The van der Waals surface area contributed by atoms with Crippen molar-refractivity contribution in [2.45, 2.75) is 6.42 Å². The topological polar surface area (TPSA) is 66.8 Å². The Bertz CT molecular complexity index is 1340. The van der Waals surface area contributed by atoms with Gasteiger partial charge in [0.2, 0.25) is 0 Å². The number of pyridine rings is 1. The van der Waals surface area contributed by atoms with Gasteiger partial charge in [0.15, 0.2) is 0 Å². The van der Waals surface area contributed by atoms with Gasteiger partial charge in [-0.1, -0.05) is 6.08 Å². The Morgan fingerprint density at radius 3 is 2.84 bits per heavy atom. The monoisotopic (exact) mass is 419 g/mol. The zero-order valence-corrected chi connectivity index (χ0v) is 16.8. The van der Waals surface area contributed by atoms with Crippen molar-refractivity contribution in [1.82, 2.24) is 24.6 Å². The van der Waals surface area contributed by atoms with Crippen LogP contribution in [0.5, 0.6) is 0 Å². The number of halogens is 2. The van der Waals surface area contributed by atoms with Crippen LogP contribution in [0.3, 0.4) is 0 Å². The molecule has 0 radical (unpaired) electrons. The number of aromatic nitrogens is 4. The van der Waals surface area contributed by atoms with Crippen LogP contribution in [0.1, 0.15) is 22.3 Å². The van der Waals surface area contributed by atoms with Gasteiger partial charge in [-0.2, -0.15) is 5.10 Å². The van der Waals surface area contributed by atoms with E-state index in [4.69, 9.17) is 0 Å². The van der Waals surface area contributed by atoms with E-state index in [9.17, 15) is 13.6 Å². The van der Waals surface area contributed by atoms with E-state index in [0.717, 1.165) is 34.3 Å². The van der Waals surface area contributed by atoms with Gasteiger partial charge >= 0.3 is 0 Å². The Balaban J connectivity index is 1.42. The van der Waals surface area contributed by atoms with E-state index in [1.165, 1.54) is 10.7 Å². The number of fused-ring (bicyclic) bond motifs is 1. The van der Waals surface area contributed by atoms with Crippen molar-refractivity contribution in [2.24, 2.45) is 7.05 Å². The van der Waals surface area contributed by atoms with E-state index in [1.54, 1.807) is 24.3 Å². The van der Waals surface area contributed by atoms with Crippen LogP contribution in [-0.2, 0) is 7.05 Å². The number of carbonyl (C=O) groups excluding carboxylic acids is 1. The summed E-state index contributed by atoms with van der Waals surface area (Å²) in [6, 6.07) is 7.18. The number of hydrogen-bond donors (Lipinski definition) is 1. The minimum Gasteiger partial charge on any atom is -0.346 e. The Morgan fingerprint density at radius 2 is 2.06 bits per heavy atom. The van der Waals surface area contributed by atoms with Gasteiger partial charge in [0.25, 0.3) is 5.91 Å². The molecule has 0 fully saturated rings. The van der Waals surface area contributed by atoms with Crippen molar-refractivity contribution >= 4 is 22.5 Å². The number of aryl methyl sites for hydroxylation is 1. The summed E-state index contributed by atoms with van der Waals surface area (Å²) in [5.74, 6) is -1.66. The summed E-state index contributed by atoms with van der Waals surface area (Å²) in [4.78, 5) is 22.4. The lowest BCUT2D eigenvalue weighted by Crippen LogP contribution is -2.34. The number of nitrogens with one attached hydrogen (secondary N) is 1. The van der Waals surface area contributed by atoms with Gasteiger partial charge in [0.05, 0.1) is 5.56 Å². The summed E-state index contributed by atoms with van der Waals surface area (Å²) in [6.45, 7) is 0.958. The summed E-state index contributed by atoms with van der Waals surface area (Å²) >= 11 is 0. The lowest BCUT2D eigenvalue weighted by atomic mass is 9.99. The molecule has 0 atom stereocenters. The molecule has 0 saturated heterocycles. The maximum absolute atomic E-state index is 14.3. The summed E-state index contributed by atoms with van der Waals surface area (Å²) in [5, 5.41) is 5.31. The molecule has 0 unspecified atom stereocenters. The Labute approximate surface area is 176 Å². The predicted molar refractivity (Wildman–Crippen MR) is 113 cm³/mol. The van der Waals surface area contributed by atoms with Gasteiger partial charge in [0.1, 0.15) is 23.0 Å². The van der Waals surface area contributed by atoms with Crippen molar-refractivity contribution in [1.29, 1.82) is 0 Å². The van der Waals surface area contributed by atoms with Crippen LogP contribution in [-0.4, -0.2) is 43.6 Å². The maximum Gasteiger partial charge on any atom is 0.257 e. The lowest BCUT2D eigenvalue weighted by molar-refractivity contribution is 0.0773. The summed E-state index contributed by atoms with van der Waals surface area (Å²) in [7, 11) is 1.67. The molecule has 0 spiro atoms. The van der Waals surface area contributed by atoms with Crippen molar-refractivity contribution in [3.63, 3.8) is 0 Å². The van der Waals surface area contributed by atoms with Gasteiger partial charge in [-0.15, -0.1) is 0 Å². The smallest absolute Gasteiger partial charge is 0.257 e. The number of aromatic amines is 1. The van der Waals surface area contributed by atoms with Crippen LogP contribution in [0, 0.1) is 11.6 Å². The summed E-state index contributed by atoms with van der Waals surface area (Å²) in [5.41, 5.74) is 3.68. The number of amides is 1. The molecule has 5 rings (SSSR count). The number of nitrogens with zero attached hydrogens (tertiary/aromatic N) is 4. The molecule has 156 valence electrons. The first kappa shape index (κ1) is 19.2. The van der Waals surface area contributed by atoms with Gasteiger partial charge < -0.3 is 9.88 Å². The van der Waals surface area contributed by atoms with Crippen molar-refractivity contribution in [2.75, 3.05) is 13.1 Å². The molecule has 0 aliphatic carbocycles. The van der Waals surface area contributed by atoms with E-state index in [2.05, 4.69) is 15.1 Å². The fourth-order valence-electron chi connectivity index (χ4n) is 4.02. The van der Waals surface area contributed by atoms with Crippen molar-refractivity contribution in [3.8, 4) is 11.3 Å². The Kier molecular flexibility index (Phi) is 4.62. The van der Waals surface area contributed by atoms with Gasteiger partial charge in [-0.25, -0.2) is 13.8 Å². The molecule has 1 aliphatic heterocycles. The Hall–Kier alpha value is -3.81. The zero-order valence-electron chi connectivity index (χ0n) is 16.8. The highest BCUT2D eigenvalue weighted by Gasteiger charge is 2.26. The third kappa shape index (κ3) is 3.39. The molecule has 1 N–H and O–H groups in total. The van der Waals surface area contributed by atoms with Gasteiger partial charge in [-0.05, 0) is 36.3 Å². The second-order valence-electron chi connectivity index (χ2n) is 7.52. The molecule has 1 aliphatic rings. The van der Waals surface area contributed by atoms with Crippen LogP contribution >= 0.6 is 0 Å². The number of benzene rings is 1. The largest absolute Gasteiger partial charge is 0.346 e. The first-order chi connectivity index (χ1) is 15.0. The molecule has 8 heteroatoms. The normalized spacial score (nSPS) is 14.2. The molecule has 3 aromatic heterocycles. The second-order valence-corrected chi connectivity index (χ2v) is 7.52. The molecular formula is C23H19F2N5O. The van der Waals surface area contributed by atoms with Gasteiger partial charge in [0, 0.05) is 61.3 Å². The molecule has 6 nitrogen and oxygen atoms in total. The number of carbonyl (C=O) groups is 1. The van der Waals surface area contributed by atoms with E-state index in [0.29, 0.717) is 25.1 Å².